The number of nitrogens with one attached hydrogen (secondary N) is 1. The summed E-state index contributed by atoms with van der Waals surface area (Å²) in [5, 5.41) is 3.85. The van der Waals surface area contributed by atoms with Gasteiger partial charge in [0.25, 0.3) is 0 Å². The first-order valence-corrected chi connectivity index (χ1v) is 8.58. The summed E-state index contributed by atoms with van der Waals surface area (Å²) in [6.45, 7) is 7.01. The van der Waals surface area contributed by atoms with Crippen LogP contribution in [-0.4, -0.2) is 11.6 Å². The molecular formula is C19H24N2O2. The predicted octanol–water partition coefficient (Wildman–Crippen LogP) is 4.09. The molecule has 1 aromatic heterocycles. The fourth-order valence-corrected chi connectivity index (χ4v) is 3.97. The highest BCUT2D eigenvalue weighted by molar-refractivity contribution is 5.48. The van der Waals surface area contributed by atoms with Gasteiger partial charge in [-0.15, -0.1) is 0 Å². The number of aromatic nitrogens is 1. The second kappa shape index (κ2) is 5.68. The number of nitrogens with zero attached hydrogens (tertiary/aromatic N) is 1. The van der Waals surface area contributed by atoms with Gasteiger partial charge in [0.2, 0.25) is 0 Å². The van der Waals surface area contributed by atoms with Gasteiger partial charge in [0.1, 0.15) is 11.5 Å². The number of oxazole rings is 1. The Kier molecular flexibility index (Phi) is 3.64. The summed E-state index contributed by atoms with van der Waals surface area (Å²) in [5.41, 5.74) is 4.96. The first kappa shape index (κ1) is 14.8. The molecule has 1 unspecified atom stereocenters. The van der Waals surface area contributed by atoms with E-state index in [9.17, 15) is 0 Å². The number of benzene rings is 1. The van der Waals surface area contributed by atoms with E-state index in [0.29, 0.717) is 6.04 Å². The molecule has 2 atom stereocenters. The second-order valence-electron chi connectivity index (χ2n) is 6.78. The van der Waals surface area contributed by atoms with Crippen LogP contribution in [0.3, 0.4) is 0 Å². The van der Waals surface area contributed by atoms with Crippen LogP contribution in [0, 0.1) is 20.8 Å². The van der Waals surface area contributed by atoms with E-state index in [2.05, 4.69) is 36.3 Å². The molecule has 1 aromatic carbocycles. The van der Waals surface area contributed by atoms with E-state index in [4.69, 9.17) is 9.15 Å². The van der Waals surface area contributed by atoms with Gasteiger partial charge in [-0.25, -0.2) is 4.98 Å². The molecule has 4 nitrogen and oxygen atoms in total. The number of fused-ring (bicyclic) bond motifs is 2. The third-order valence-corrected chi connectivity index (χ3v) is 5.08. The van der Waals surface area contributed by atoms with E-state index in [-0.39, 0.29) is 6.04 Å². The number of hydrogen-bond acceptors (Lipinski definition) is 4. The summed E-state index contributed by atoms with van der Waals surface area (Å²) < 4.78 is 11.7. The Bertz CT molecular complexity index is 735. The van der Waals surface area contributed by atoms with Crippen LogP contribution < -0.4 is 10.1 Å². The lowest BCUT2D eigenvalue weighted by Crippen LogP contribution is -2.33. The van der Waals surface area contributed by atoms with Gasteiger partial charge in [0.05, 0.1) is 18.3 Å². The summed E-state index contributed by atoms with van der Waals surface area (Å²) in [6, 6.07) is 4.96. The molecular weight excluding hydrogens is 288 g/mol. The van der Waals surface area contributed by atoms with Crippen LogP contribution in [0.25, 0.3) is 0 Å². The average molecular weight is 312 g/mol. The van der Waals surface area contributed by atoms with Gasteiger partial charge < -0.3 is 14.5 Å². The Morgan fingerprint density at radius 2 is 1.91 bits per heavy atom. The summed E-state index contributed by atoms with van der Waals surface area (Å²) in [7, 11) is 0. The lowest BCUT2D eigenvalue weighted by atomic mass is 9.90. The Labute approximate surface area is 137 Å². The molecule has 122 valence electrons. The van der Waals surface area contributed by atoms with Gasteiger partial charge in [-0.2, -0.15) is 0 Å². The molecule has 1 aliphatic heterocycles. The van der Waals surface area contributed by atoms with E-state index in [1.54, 1.807) is 0 Å². The molecule has 4 heteroatoms. The van der Waals surface area contributed by atoms with E-state index in [1.165, 1.54) is 16.7 Å². The van der Waals surface area contributed by atoms with Gasteiger partial charge in [0, 0.05) is 31.4 Å². The summed E-state index contributed by atoms with van der Waals surface area (Å²) in [6.07, 6.45) is 4.29. The molecule has 0 spiro atoms. The first-order valence-electron chi connectivity index (χ1n) is 8.58. The normalized spacial score (nSPS) is 23.1. The molecule has 0 saturated heterocycles. The molecule has 23 heavy (non-hydrogen) atoms. The molecule has 0 amide bonds. The fraction of sp³-hybridized carbons (Fsp3) is 0.526. The maximum absolute atomic E-state index is 5.95. The monoisotopic (exact) mass is 312 g/mol. The zero-order chi connectivity index (χ0) is 16.0. The van der Waals surface area contributed by atoms with E-state index < -0.39 is 0 Å². The molecule has 0 radical (unpaired) electrons. The maximum atomic E-state index is 5.95. The minimum Gasteiger partial charge on any atom is -0.493 e. The highest BCUT2D eigenvalue weighted by Gasteiger charge is 2.31. The number of hydrogen-bond donors (Lipinski definition) is 1. The van der Waals surface area contributed by atoms with Crippen molar-refractivity contribution in [1.82, 2.24) is 10.3 Å². The van der Waals surface area contributed by atoms with Crippen LogP contribution in [0.4, 0.5) is 0 Å². The van der Waals surface area contributed by atoms with Gasteiger partial charge >= 0.3 is 0 Å². The van der Waals surface area contributed by atoms with Crippen molar-refractivity contribution < 1.29 is 9.15 Å². The third kappa shape index (κ3) is 2.55. The van der Waals surface area contributed by atoms with Crippen LogP contribution in [0.2, 0.25) is 0 Å². The Morgan fingerprint density at radius 3 is 2.78 bits per heavy atom. The van der Waals surface area contributed by atoms with Crippen molar-refractivity contribution in [1.29, 1.82) is 0 Å². The smallest absolute Gasteiger partial charge is 0.191 e. The summed E-state index contributed by atoms with van der Waals surface area (Å²) in [5.74, 6) is 2.92. The number of ether oxygens (including phenoxy) is 1. The largest absolute Gasteiger partial charge is 0.493 e. The molecule has 2 aromatic rings. The lowest BCUT2D eigenvalue weighted by molar-refractivity contribution is 0.236. The van der Waals surface area contributed by atoms with Crippen LogP contribution in [0.5, 0.6) is 5.75 Å². The van der Waals surface area contributed by atoms with E-state index >= 15 is 0 Å². The van der Waals surface area contributed by atoms with Crippen LogP contribution in [0.1, 0.15) is 65.4 Å². The highest BCUT2D eigenvalue weighted by atomic mass is 16.5. The van der Waals surface area contributed by atoms with Gasteiger partial charge in [0.15, 0.2) is 5.89 Å². The molecule has 1 aliphatic carbocycles. The Hall–Kier alpha value is -1.81. The standard InChI is InChI=1S/C19H24N2O2/c1-11-7-8-12(2)19-17(11)14(9-10-22-19)21-15-5-4-6-16-18(15)20-13(3)23-16/h7-8,14-15,21H,4-6,9-10H2,1-3H3/t14-,15?/m1/s1. The predicted molar refractivity (Wildman–Crippen MR) is 88.8 cm³/mol. The fourth-order valence-electron chi connectivity index (χ4n) is 3.97. The first-order chi connectivity index (χ1) is 11.1. The molecule has 2 aliphatic rings. The average Bonchev–Trinajstić information content (AvgIpc) is 2.92. The van der Waals surface area contributed by atoms with Crippen LogP contribution in [-0.2, 0) is 6.42 Å². The van der Waals surface area contributed by atoms with Crippen molar-refractivity contribution in [2.24, 2.45) is 0 Å². The molecule has 0 fully saturated rings. The third-order valence-electron chi connectivity index (χ3n) is 5.08. The van der Waals surface area contributed by atoms with E-state index in [1.807, 2.05) is 6.92 Å². The quantitative estimate of drug-likeness (QED) is 0.907. The van der Waals surface area contributed by atoms with Crippen molar-refractivity contribution in [3.8, 4) is 5.75 Å². The number of aryl methyl sites for hydroxylation is 4. The minimum atomic E-state index is 0.284. The van der Waals surface area contributed by atoms with E-state index in [0.717, 1.165) is 55.4 Å². The Balaban J connectivity index is 1.66. The van der Waals surface area contributed by atoms with Crippen molar-refractivity contribution in [3.05, 3.63) is 46.2 Å². The van der Waals surface area contributed by atoms with Crippen molar-refractivity contribution >= 4 is 0 Å². The molecule has 0 saturated carbocycles. The summed E-state index contributed by atoms with van der Waals surface area (Å²) >= 11 is 0. The van der Waals surface area contributed by atoms with Crippen molar-refractivity contribution in [3.63, 3.8) is 0 Å². The minimum absolute atomic E-state index is 0.284. The lowest BCUT2D eigenvalue weighted by Gasteiger charge is -2.33. The van der Waals surface area contributed by atoms with Gasteiger partial charge in [-0.05, 0) is 37.8 Å². The van der Waals surface area contributed by atoms with Crippen molar-refractivity contribution in [2.75, 3.05) is 6.61 Å². The zero-order valence-electron chi connectivity index (χ0n) is 14.1. The zero-order valence-corrected chi connectivity index (χ0v) is 14.1. The van der Waals surface area contributed by atoms with Crippen LogP contribution >= 0.6 is 0 Å². The van der Waals surface area contributed by atoms with Crippen LogP contribution in [0.15, 0.2) is 16.5 Å². The Morgan fingerprint density at radius 1 is 1.09 bits per heavy atom. The molecule has 1 N–H and O–H groups in total. The topological polar surface area (TPSA) is 47.3 Å². The second-order valence-corrected chi connectivity index (χ2v) is 6.78. The summed E-state index contributed by atoms with van der Waals surface area (Å²) in [4.78, 5) is 4.63. The molecule has 4 rings (SSSR count). The molecule has 0 bridgehead atoms. The number of rotatable bonds is 2. The maximum Gasteiger partial charge on any atom is 0.191 e. The van der Waals surface area contributed by atoms with Crippen molar-refractivity contribution in [2.45, 2.75) is 58.5 Å². The highest BCUT2D eigenvalue weighted by Crippen LogP contribution is 2.40. The van der Waals surface area contributed by atoms with Gasteiger partial charge in [-0.1, -0.05) is 12.1 Å². The van der Waals surface area contributed by atoms with Gasteiger partial charge in [-0.3, -0.25) is 0 Å². The molecule has 2 heterocycles. The SMILES string of the molecule is Cc1nc2c(o1)CCCC2N[C@@H]1CCOc2c(C)ccc(C)c21.